The quantitative estimate of drug-likeness (QED) is 0.325. The van der Waals surface area contributed by atoms with E-state index in [-0.39, 0.29) is 11.2 Å². The van der Waals surface area contributed by atoms with E-state index in [0.29, 0.717) is 5.82 Å². The normalized spacial score (nSPS) is 10.7. The van der Waals surface area contributed by atoms with E-state index in [1.54, 1.807) is 12.1 Å². The van der Waals surface area contributed by atoms with Crippen LogP contribution in [0.5, 0.6) is 0 Å². The molecule has 0 aliphatic heterocycles. The van der Waals surface area contributed by atoms with Crippen molar-refractivity contribution >= 4 is 44.8 Å². The van der Waals surface area contributed by atoms with Crippen LogP contribution < -0.4 is 10.6 Å². The fraction of sp³-hybridized carbons (Fsp3) is 0.0588. The highest BCUT2D eigenvalue weighted by Gasteiger charge is 2.19. The van der Waals surface area contributed by atoms with E-state index in [1.807, 2.05) is 12.1 Å². The van der Waals surface area contributed by atoms with Crippen LogP contribution in [-0.4, -0.2) is 14.9 Å². The van der Waals surface area contributed by atoms with E-state index >= 15 is 0 Å². The third kappa shape index (κ3) is 4.64. The molecule has 0 radical (unpaired) electrons. The second-order valence-electron chi connectivity index (χ2n) is 5.43. The van der Waals surface area contributed by atoms with E-state index < -0.39 is 35.4 Å². The second-order valence-corrected chi connectivity index (χ2v) is 6.76. The van der Waals surface area contributed by atoms with Crippen molar-refractivity contribution < 1.29 is 17.6 Å². The van der Waals surface area contributed by atoms with Crippen LogP contribution in [0.1, 0.15) is 5.56 Å². The molecule has 0 aliphatic rings. The monoisotopic (exact) mass is 458 g/mol. The highest BCUT2D eigenvalue weighted by molar-refractivity contribution is 9.10. The molecule has 0 unspecified atom stereocenters. The molecular weight excluding hydrogens is 448 g/mol. The lowest BCUT2D eigenvalue weighted by atomic mass is 10.2. The van der Waals surface area contributed by atoms with Gasteiger partial charge >= 0.3 is 0 Å². The maximum atomic E-state index is 13.7. The third-order valence-electron chi connectivity index (χ3n) is 3.51. The molecule has 4 nitrogen and oxygen atoms in total. The molecule has 2 aromatic carbocycles. The van der Waals surface area contributed by atoms with Gasteiger partial charge in [0.15, 0.2) is 34.2 Å². The summed E-state index contributed by atoms with van der Waals surface area (Å²) in [6.07, 6.45) is 1.40. The van der Waals surface area contributed by atoms with Gasteiger partial charge in [0.1, 0.15) is 0 Å². The van der Waals surface area contributed by atoms with Gasteiger partial charge < -0.3 is 10.6 Å². The van der Waals surface area contributed by atoms with Crippen molar-refractivity contribution in [2.75, 3.05) is 10.6 Å². The summed E-state index contributed by atoms with van der Waals surface area (Å²) in [6, 6.07) is 8.95. The number of halogens is 5. The van der Waals surface area contributed by atoms with E-state index in [2.05, 4.69) is 31.7 Å². The molecule has 0 fully saturated rings. The molecule has 27 heavy (non-hydrogen) atoms. The van der Waals surface area contributed by atoms with Gasteiger partial charge in [-0.05, 0) is 36.5 Å². The van der Waals surface area contributed by atoms with Crippen LogP contribution in [0, 0.1) is 23.3 Å². The van der Waals surface area contributed by atoms with Crippen molar-refractivity contribution in [3.8, 4) is 0 Å². The van der Waals surface area contributed by atoms with E-state index in [1.165, 1.54) is 12.3 Å². The molecule has 140 valence electrons. The lowest BCUT2D eigenvalue weighted by molar-refractivity contribution is 0.431. The van der Waals surface area contributed by atoms with Gasteiger partial charge in [0.05, 0.1) is 12.1 Å². The van der Waals surface area contributed by atoms with E-state index in [4.69, 9.17) is 12.2 Å². The zero-order valence-electron chi connectivity index (χ0n) is 13.4. The van der Waals surface area contributed by atoms with Crippen LogP contribution in [0.2, 0.25) is 0 Å². The lowest BCUT2D eigenvalue weighted by Gasteiger charge is -2.09. The zero-order chi connectivity index (χ0) is 19.6. The summed E-state index contributed by atoms with van der Waals surface area (Å²) >= 11 is 8.49. The predicted molar refractivity (Wildman–Crippen MR) is 102 cm³/mol. The van der Waals surface area contributed by atoms with Crippen LogP contribution in [-0.2, 0) is 6.54 Å². The SMILES string of the molecule is Fc1cc(F)c(F)c(Cn2ccc(NC(=S)Nc3ccc(Br)cc3)n2)c1F. The molecule has 0 aliphatic carbocycles. The number of rotatable bonds is 4. The van der Waals surface area contributed by atoms with Gasteiger partial charge in [-0.25, -0.2) is 17.6 Å². The molecule has 1 aromatic heterocycles. The Hall–Kier alpha value is -2.46. The highest BCUT2D eigenvalue weighted by Crippen LogP contribution is 2.20. The fourth-order valence-electron chi connectivity index (χ4n) is 2.25. The van der Waals surface area contributed by atoms with Gasteiger partial charge in [-0.2, -0.15) is 5.10 Å². The minimum atomic E-state index is -1.46. The van der Waals surface area contributed by atoms with Crippen molar-refractivity contribution in [2.24, 2.45) is 0 Å². The van der Waals surface area contributed by atoms with Crippen molar-refractivity contribution in [1.29, 1.82) is 0 Å². The van der Waals surface area contributed by atoms with Crippen LogP contribution in [0.4, 0.5) is 29.1 Å². The number of anilines is 2. The van der Waals surface area contributed by atoms with Crippen LogP contribution in [0.3, 0.4) is 0 Å². The Bertz CT molecular complexity index is 965. The largest absolute Gasteiger partial charge is 0.332 e. The van der Waals surface area contributed by atoms with E-state index in [0.717, 1.165) is 14.8 Å². The first-order valence-electron chi connectivity index (χ1n) is 7.52. The molecule has 0 atom stereocenters. The Morgan fingerprint density at radius 3 is 2.26 bits per heavy atom. The number of hydrogen-bond donors (Lipinski definition) is 2. The number of nitrogens with zero attached hydrogens (tertiary/aromatic N) is 2. The molecule has 0 saturated heterocycles. The van der Waals surface area contributed by atoms with Gasteiger partial charge in [0, 0.05) is 28.5 Å². The summed E-state index contributed by atoms with van der Waals surface area (Å²) in [5, 5.41) is 10.0. The number of aromatic nitrogens is 2. The first kappa shape index (κ1) is 19.3. The summed E-state index contributed by atoms with van der Waals surface area (Å²) in [5.74, 6) is -5.54. The first-order valence-corrected chi connectivity index (χ1v) is 8.72. The Kier molecular flexibility index (Phi) is 5.76. The van der Waals surface area contributed by atoms with Crippen molar-refractivity contribution in [3.63, 3.8) is 0 Å². The molecule has 0 bridgehead atoms. The molecule has 2 N–H and O–H groups in total. The minimum absolute atomic E-state index is 0.163. The molecule has 3 rings (SSSR count). The zero-order valence-corrected chi connectivity index (χ0v) is 15.8. The molecule has 10 heteroatoms. The number of benzene rings is 2. The maximum absolute atomic E-state index is 13.7. The average Bonchev–Trinajstić information content (AvgIpc) is 3.06. The number of thiocarbonyl (C=S) groups is 1. The van der Waals surface area contributed by atoms with Gasteiger partial charge in [-0.15, -0.1) is 0 Å². The summed E-state index contributed by atoms with van der Waals surface area (Å²) < 4.78 is 56.1. The smallest absolute Gasteiger partial charge is 0.176 e. The predicted octanol–water partition coefficient (Wildman–Crippen LogP) is 5.06. The Morgan fingerprint density at radius 1 is 1.00 bits per heavy atom. The van der Waals surface area contributed by atoms with Gasteiger partial charge in [0.2, 0.25) is 0 Å². The molecular formula is C17H11BrF4N4S. The summed E-state index contributed by atoms with van der Waals surface area (Å²) in [7, 11) is 0. The number of hydrogen-bond acceptors (Lipinski definition) is 2. The average molecular weight is 459 g/mol. The Morgan fingerprint density at radius 2 is 1.63 bits per heavy atom. The fourth-order valence-corrected chi connectivity index (χ4v) is 2.74. The van der Waals surface area contributed by atoms with E-state index in [9.17, 15) is 17.6 Å². The van der Waals surface area contributed by atoms with Gasteiger partial charge in [-0.1, -0.05) is 15.9 Å². The summed E-state index contributed by atoms with van der Waals surface area (Å²) in [4.78, 5) is 0. The molecule has 0 amide bonds. The first-order chi connectivity index (χ1) is 12.8. The van der Waals surface area contributed by atoms with Crippen molar-refractivity contribution in [2.45, 2.75) is 6.54 Å². The molecule has 3 aromatic rings. The molecule has 1 heterocycles. The van der Waals surface area contributed by atoms with Crippen LogP contribution in [0.15, 0.2) is 47.1 Å². The highest BCUT2D eigenvalue weighted by atomic mass is 79.9. The van der Waals surface area contributed by atoms with Crippen molar-refractivity contribution in [1.82, 2.24) is 9.78 Å². The maximum Gasteiger partial charge on any atom is 0.176 e. The molecule has 0 saturated carbocycles. The minimum Gasteiger partial charge on any atom is -0.332 e. The number of nitrogens with one attached hydrogen (secondary N) is 2. The topological polar surface area (TPSA) is 41.9 Å². The van der Waals surface area contributed by atoms with Crippen molar-refractivity contribution in [3.05, 3.63) is 75.9 Å². The van der Waals surface area contributed by atoms with Gasteiger partial charge in [0.25, 0.3) is 0 Å². The summed E-state index contributed by atoms with van der Waals surface area (Å²) in [6.45, 7) is -0.485. The van der Waals surface area contributed by atoms with Gasteiger partial charge in [-0.3, -0.25) is 4.68 Å². The summed E-state index contributed by atoms with van der Waals surface area (Å²) in [5.41, 5.74) is -0.00720. The molecule has 0 spiro atoms. The Balaban J connectivity index is 1.68. The standard InChI is InChI=1S/C17H11BrF4N4S/c18-9-1-3-10(4-2-9)23-17(27)24-14-5-6-26(25-14)8-11-15(21)12(19)7-13(20)16(11)22/h1-7H,8H2,(H2,23,24,25,27). The third-order valence-corrected chi connectivity index (χ3v) is 4.24. The van der Waals surface area contributed by atoms with Crippen LogP contribution in [0.25, 0.3) is 0 Å². The lowest BCUT2D eigenvalue weighted by Crippen LogP contribution is -2.19. The van der Waals surface area contributed by atoms with Crippen LogP contribution >= 0.6 is 28.1 Å². The Labute approximate surface area is 165 Å². The second kappa shape index (κ2) is 8.05.